The van der Waals surface area contributed by atoms with Gasteiger partial charge in [-0.3, -0.25) is 4.90 Å². The number of ether oxygens (including phenoxy) is 2. The van der Waals surface area contributed by atoms with Crippen LogP contribution in [0.5, 0.6) is 11.5 Å². The van der Waals surface area contributed by atoms with Gasteiger partial charge in [0, 0.05) is 42.7 Å². The van der Waals surface area contributed by atoms with Crippen LogP contribution in [0.2, 0.25) is 0 Å². The van der Waals surface area contributed by atoms with Crippen molar-refractivity contribution in [2.45, 2.75) is 52.9 Å². The number of oxazole rings is 1. The van der Waals surface area contributed by atoms with Crippen LogP contribution >= 0.6 is 0 Å². The third-order valence-electron chi connectivity index (χ3n) is 9.10. The summed E-state index contributed by atoms with van der Waals surface area (Å²) < 4.78 is 19.8. The van der Waals surface area contributed by atoms with Crippen LogP contribution in [0.4, 0.5) is 0 Å². The van der Waals surface area contributed by atoms with E-state index < -0.39 is 0 Å². The van der Waals surface area contributed by atoms with Crippen LogP contribution in [0, 0.1) is 18.3 Å². The van der Waals surface area contributed by atoms with Crippen LogP contribution < -0.4 is 9.47 Å². The van der Waals surface area contributed by atoms with Gasteiger partial charge in [0.15, 0.2) is 5.58 Å². The molecular weight excluding hydrogens is 618 g/mol. The van der Waals surface area contributed by atoms with Crippen LogP contribution in [0.25, 0.3) is 50.3 Å². The highest BCUT2D eigenvalue weighted by atomic mass is 16.5. The minimum atomic E-state index is -0.234. The Morgan fingerprint density at radius 1 is 0.959 bits per heavy atom. The van der Waals surface area contributed by atoms with E-state index in [1.54, 1.807) is 26.4 Å². The zero-order valence-electron chi connectivity index (χ0n) is 28.5. The van der Waals surface area contributed by atoms with Crippen LogP contribution in [0.15, 0.2) is 71.3 Å². The summed E-state index contributed by atoms with van der Waals surface area (Å²) >= 11 is 0. The Balaban J connectivity index is 0.00000205. The van der Waals surface area contributed by atoms with Gasteiger partial charge in [-0.05, 0) is 66.3 Å². The molecule has 0 aliphatic carbocycles. The lowest BCUT2D eigenvalue weighted by molar-refractivity contribution is 0.0785. The van der Waals surface area contributed by atoms with Gasteiger partial charge in [0.2, 0.25) is 5.89 Å². The number of nitriles is 1. The molecule has 0 saturated carbocycles. The maximum absolute atomic E-state index is 9.95. The minimum absolute atomic E-state index is 0.187. The van der Waals surface area contributed by atoms with Gasteiger partial charge < -0.3 is 24.1 Å². The van der Waals surface area contributed by atoms with E-state index in [2.05, 4.69) is 23.1 Å². The Morgan fingerprint density at radius 3 is 2.31 bits per heavy atom. The average Bonchev–Trinajstić information content (AvgIpc) is 3.78. The summed E-state index contributed by atoms with van der Waals surface area (Å²) in [5.74, 6) is 1.85. The number of fused-ring (bicyclic) bond motifs is 2. The van der Waals surface area contributed by atoms with Gasteiger partial charge in [-0.15, -0.1) is 0 Å². The Hall–Kier alpha value is -5.21. The number of piperidine rings is 1. The Labute approximate surface area is 285 Å². The maximum atomic E-state index is 9.95. The number of aromatic nitrogens is 3. The standard InChI is InChI=1S/C37H35N5O5.C2H6/c1-22-27(6-4-7-28(22)37-40-32-15-23(21-43)14-24(18-38)36(32)47-37)29-8-5-9-33-30(29)19-39-42(33)25-16-34(45-2)31(35(17-25)46-3)20-41-12-10-26(44)11-13-41;1-2/h4-9,14-17,19,26,43-44H,10-13,20-21H2,1-3H3;1-2H3. The van der Waals surface area contributed by atoms with Gasteiger partial charge in [-0.25, -0.2) is 9.67 Å². The molecule has 10 nitrogen and oxygen atoms in total. The molecule has 7 rings (SSSR count). The van der Waals surface area contributed by atoms with Crippen LogP contribution in [-0.4, -0.2) is 63.3 Å². The van der Waals surface area contributed by atoms with E-state index in [9.17, 15) is 15.5 Å². The third kappa shape index (κ3) is 6.36. The van der Waals surface area contributed by atoms with Gasteiger partial charge in [-0.1, -0.05) is 38.1 Å². The second-order valence-electron chi connectivity index (χ2n) is 11.9. The van der Waals surface area contributed by atoms with Crippen LogP contribution in [0.1, 0.15) is 48.9 Å². The minimum Gasteiger partial charge on any atom is -0.496 e. The number of rotatable bonds is 8. The van der Waals surface area contributed by atoms with Crippen molar-refractivity contribution < 1.29 is 24.1 Å². The van der Waals surface area contributed by atoms with E-state index >= 15 is 0 Å². The zero-order valence-corrected chi connectivity index (χ0v) is 28.5. The molecule has 0 atom stereocenters. The molecule has 1 aliphatic heterocycles. The molecule has 1 saturated heterocycles. The lowest BCUT2D eigenvalue weighted by Crippen LogP contribution is -2.35. The smallest absolute Gasteiger partial charge is 0.227 e. The predicted octanol–water partition coefficient (Wildman–Crippen LogP) is 7.17. The van der Waals surface area contributed by atoms with Gasteiger partial charge >= 0.3 is 0 Å². The molecule has 2 aromatic heterocycles. The first-order valence-corrected chi connectivity index (χ1v) is 16.6. The van der Waals surface area contributed by atoms with Crippen LogP contribution in [-0.2, 0) is 13.2 Å². The summed E-state index contributed by atoms with van der Waals surface area (Å²) in [4.78, 5) is 7.01. The van der Waals surface area contributed by atoms with Crippen molar-refractivity contribution >= 4 is 22.0 Å². The third-order valence-corrected chi connectivity index (χ3v) is 9.10. The number of hydrogen-bond donors (Lipinski definition) is 2. The van der Waals surface area contributed by atoms with E-state index in [0.29, 0.717) is 34.7 Å². The number of likely N-dealkylation sites (tertiary alicyclic amines) is 1. The van der Waals surface area contributed by atoms with Gasteiger partial charge in [0.1, 0.15) is 23.1 Å². The molecule has 0 unspecified atom stereocenters. The van der Waals surface area contributed by atoms with Crippen molar-refractivity contribution in [2.24, 2.45) is 0 Å². The van der Waals surface area contributed by atoms with Crippen molar-refractivity contribution in [3.05, 3.63) is 89.1 Å². The van der Waals surface area contributed by atoms with Gasteiger partial charge in [0.05, 0.1) is 55.5 Å². The molecule has 0 amide bonds. The average molecular weight is 660 g/mol. The molecule has 49 heavy (non-hydrogen) atoms. The largest absolute Gasteiger partial charge is 0.496 e. The number of aliphatic hydroxyl groups is 2. The first-order chi connectivity index (χ1) is 23.9. The number of aliphatic hydroxyl groups excluding tert-OH is 2. The summed E-state index contributed by atoms with van der Waals surface area (Å²) in [5, 5.41) is 35.0. The molecule has 4 aromatic carbocycles. The Kier molecular flexibility index (Phi) is 9.97. The molecule has 0 radical (unpaired) electrons. The zero-order chi connectivity index (χ0) is 34.7. The molecule has 1 fully saturated rings. The Bertz CT molecular complexity index is 2130. The van der Waals surface area contributed by atoms with Gasteiger partial charge in [0.25, 0.3) is 0 Å². The fourth-order valence-corrected chi connectivity index (χ4v) is 6.58. The molecule has 10 heteroatoms. The summed E-state index contributed by atoms with van der Waals surface area (Å²) in [5.41, 5.74) is 8.37. The van der Waals surface area contributed by atoms with Crippen molar-refractivity contribution in [2.75, 3.05) is 27.3 Å². The molecule has 0 spiro atoms. The molecular formula is C39H41N5O5. The van der Waals surface area contributed by atoms with Gasteiger partial charge in [-0.2, -0.15) is 10.4 Å². The second kappa shape index (κ2) is 14.5. The van der Waals surface area contributed by atoms with Crippen LogP contribution in [0.3, 0.4) is 0 Å². The fourth-order valence-electron chi connectivity index (χ4n) is 6.58. The predicted molar refractivity (Wildman–Crippen MR) is 190 cm³/mol. The number of nitrogens with zero attached hydrogens (tertiary/aromatic N) is 5. The quantitative estimate of drug-likeness (QED) is 0.175. The summed E-state index contributed by atoms with van der Waals surface area (Å²) in [6.45, 7) is 8.15. The van der Waals surface area contributed by atoms with E-state index in [1.165, 1.54) is 0 Å². The first kappa shape index (κ1) is 33.7. The topological polar surface area (TPSA) is 130 Å². The van der Waals surface area contributed by atoms with Crippen molar-refractivity contribution in [3.8, 4) is 45.8 Å². The number of methoxy groups -OCH3 is 2. The van der Waals surface area contributed by atoms with Crippen molar-refractivity contribution in [3.63, 3.8) is 0 Å². The monoisotopic (exact) mass is 659 g/mol. The van der Waals surface area contributed by atoms with Crippen molar-refractivity contribution in [1.82, 2.24) is 19.7 Å². The lowest BCUT2D eigenvalue weighted by atomic mass is 9.94. The number of benzene rings is 4. The normalized spacial score (nSPS) is 13.7. The SMILES string of the molecule is CC.COc1cc(-n2ncc3c(-c4cccc(-c5nc6cc(CO)cc(C#N)c6o5)c4C)cccc32)cc(OC)c1CN1CCC(O)CC1. The Morgan fingerprint density at radius 2 is 1.63 bits per heavy atom. The molecule has 6 aromatic rings. The van der Waals surface area contributed by atoms with E-state index in [1.807, 2.05) is 68.0 Å². The molecule has 3 heterocycles. The highest BCUT2D eigenvalue weighted by Crippen LogP contribution is 2.39. The molecule has 0 bridgehead atoms. The summed E-state index contributed by atoms with van der Waals surface area (Å²) in [6, 6.07) is 21.6. The summed E-state index contributed by atoms with van der Waals surface area (Å²) in [6.07, 6.45) is 3.16. The maximum Gasteiger partial charge on any atom is 0.227 e. The lowest BCUT2D eigenvalue weighted by Gasteiger charge is -2.30. The molecule has 1 aliphatic rings. The van der Waals surface area contributed by atoms with E-state index in [-0.39, 0.29) is 12.7 Å². The molecule has 2 N–H and O–H groups in total. The first-order valence-electron chi connectivity index (χ1n) is 16.6. The highest BCUT2D eigenvalue weighted by molar-refractivity contribution is 5.97. The summed E-state index contributed by atoms with van der Waals surface area (Å²) in [7, 11) is 3.33. The fraction of sp³-hybridized carbons (Fsp3) is 0.308. The number of hydrogen-bond acceptors (Lipinski definition) is 9. The molecule has 252 valence electrons. The van der Waals surface area contributed by atoms with E-state index in [0.717, 1.165) is 81.8 Å². The van der Waals surface area contributed by atoms with Crippen molar-refractivity contribution in [1.29, 1.82) is 5.26 Å². The highest BCUT2D eigenvalue weighted by Gasteiger charge is 2.23. The van der Waals surface area contributed by atoms with E-state index in [4.69, 9.17) is 24.0 Å². The second-order valence-corrected chi connectivity index (χ2v) is 11.9.